The molecule has 0 spiro atoms. The second-order valence-corrected chi connectivity index (χ2v) is 4.93. The Kier molecular flexibility index (Phi) is 5.96. The van der Waals surface area contributed by atoms with E-state index in [9.17, 15) is 4.79 Å². The minimum atomic E-state index is -0.00926. The SMILES string of the molecule is CCNCC(C)C(=O)Cc1cc(Cl)ccc1Cl. The van der Waals surface area contributed by atoms with E-state index in [1.165, 1.54) is 0 Å². The van der Waals surface area contributed by atoms with Crippen molar-refractivity contribution in [3.05, 3.63) is 33.8 Å². The molecule has 0 fully saturated rings. The third-order valence-electron chi connectivity index (χ3n) is 2.62. The van der Waals surface area contributed by atoms with Gasteiger partial charge in [0.25, 0.3) is 0 Å². The van der Waals surface area contributed by atoms with Crippen LogP contribution >= 0.6 is 23.2 Å². The average Bonchev–Trinajstić information content (AvgIpc) is 2.30. The highest BCUT2D eigenvalue weighted by Crippen LogP contribution is 2.22. The van der Waals surface area contributed by atoms with Gasteiger partial charge in [0.1, 0.15) is 5.78 Å². The number of hydrogen-bond acceptors (Lipinski definition) is 2. The molecule has 94 valence electrons. The molecule has 0 radical (unpaired) electrons. The van der Waals surface area contributed by atoms with E-state index in [1.54, 1.807) is 18.2 Å². The quantitative estimate of drug-likeness (QED) is 0.861. The van der Waals surface area contributed by atoms with Crippen molar-refractivity contribution in [2.24, 2.45) is 5.92 Å². The van der Waals surface area contributed by atoms with E-state index < -0.39 is 0 Å². The molecule has 0 aliphatic rings. The Hall–Kier alpha value is -0.570. The largest absolute Gasteiger partial charge is 0.316 e. The van der Waals surface area contributed by atoms with Crippen LogP contribution in [0.4, 0.5) is 0 Å². The lowest BCUT2D eigenvalue weighted by Crippen LogP contribution is -2.27. The highest BCUT2D eigenvalue weighted by atomic mass is 35.5. The lowest BCUT2D eigenvalue weighted by atomic mass is 9.99. The summed E-state index contributed by atoms with van der Waals surface area (Å²) in [7, 11) is 0. The van der Waals surface area contributed by atoms with Crippen LogP contribution in [0.2, 0.25) is 10.0 Å². The van der Waals surface area contributed by atoms with Crippen LogP contribution in [0.1, 0.15) is 19.4 Å². The fraction of sp³-hybridized carbons (Fsp3) is 0.462. The molecule has 0 heterocycles. The number of nitrogens with one attached hydrogen (secondary N) is 1. The summed E-state index contributed by atoms with van der Waals surface area (Å²) in [4.78, 5) is 11.9. The van der Waals surface area contributed by atoms with Crippen molar-refractivity contribution in [2.75, 3.05) is 13.1 Å². The maximum Gasteiger partial charge on any atom is 0.141 e. The molecular weight excluding hydrogens is 257 g/mol. The van der Waals surface area contributed by atoms with Crippen LogP contribution in [0.15, 0.2) is 18.2 Å². The van der Waals surface area contributed by atoms with Crippen LogP contribution < -0.4 is 5.32 Å². The van der Waals surface area contributed by atoms with E-state index in [2.05, 4.69) is 5.32 Å². The predicted molar refractivity (Wildman–Crippen MR) is 72.9 cm³/mol. The van der Waals surface area contributed by atoms with Crippen molar-refractivity contribution in [1.29, 1.82) is 0 Å². The minimum Gasteiger partial charge on any atom is -0.316 e. The monoisotopic (exact) mass is 273 g/mol. The number of Topliss-reactive ketones (excluding diaryl/α,β-unsaturated/α-hetero) is 1. The minimum absolute atomic E-state index is 0.00926. The molecule has 1 aromatic rings. The van der Waals surface area contributed by atoms with Gasteiger partial charge in [-0.3, -0.25) is 4.79 Å². The number of rotatable bonds is 6. The normalized spacial score (nSPS) is 12.5. The van der Waals surface area contributed by atoms with E-state index in [-0.39, 0.29) is 11.7 Å². The van der Waals surface area contributed by atoms with Crippen molar-refractivity contribution in [1.82, 2.24) is 5.32 Å². The molecule has 0 saturated heterocycles. The van der Waals surface area contributed by atoms with Crippen molar-refractivity contribution < 1.29 is 4.79 Å². The zero-order valence-electron chi connectivity index (χ0n) is 10.1. The van der Waals surface area contributed by atoms with Gasteiger partial charge in [0.05, 0.1) is 0 Å². The molecule has 1 rings (SSSR count). The van der Waals surface area contributed by atoms with Crippen molar-refractivity contribution in [3.63, 3.8) is 0 Å². The van der Waals surface area contributed by atoms with E-state index in [1.807, 2.05) is 13.8 Å². The fourth-order valence-electron chi connectivity index (χ4n) is 1.52. The summed E-state index contributed by atoms with van der Waals surface area (Å²) in [6.07, 6.45) is 0.339. The second kappa shape index (κ2) is 7.00. The highest BCUT2D eigenvalue weighted by molar-refractivity contribution is 6.33. The topological polar surface area (TPSA) is 29.1 Å². The summed E-state index contributed by atoms with van der Waals surface area (Å²) in [5.41, 5.74) is 0.799. The third kappa shape index (κ3) is 4.66. The number of halogens is 2. The summed E-state index contributed by atoms with van der Waals surface area (Å²) in [5, 5.41) is 4.36. The molecule has 0 amide bonds. The molecule has 0 saturated carbocycles. The van der Waals surface area contributed by atoms with Crippen LogP contribution in [0, 0.1) is 5.92 Å². The zero-order chi connectivity index (χ0) is 12.8. The summed E-state index contributed by atoms with van der Waals surface area (Å²) in [6, 6.07) is 5.20. The molecule has 0 aromatic heterocycles. The Morgan fingerprint density at radius 3 is 2.76 bits per heavy atom. The lowest BCUT2D eigenvalue weighted by Gasteiger charge is -2.11. The van der Waals surface area contributed by atoms with Gasteiger partial charge in [0.15, 0.2) is 0 Å². The maximum absolute atomic E-state index is 11.9. The summed E-state index contributed by atoms with van der Waals surface area (Å²) in [5.74, 6) is 0.167. The van der Waals surface area contributed by atoms with Gasteiger partial charge >= 0.3 is 0 Å². The Morgan fingerprint density at radius 2 is 2.12 bits per heavy atom. The van der Waals surface area contributed by atoms with E-state index in [4.69, 9.17) is 23.2 Å². The number of benzene rings is 1. The number of ketones is 1. The zero-order valence-corrected chi connectivity index (χ0v) is 11.6. The fourth-order valence-corrected chi connectivity index (χ4v) is 1.89. The Morgan fingerprint density at radius 1 is 1.41 bits per heavy atom. The van der Waals surface area contributed by atoms with Crippen LogP contribution in [0.5, 0.6) is 0 Å². The van der Waals surface area contributed by atoms with E-state index in [0.29, 0.717) is 23.0 Å². The Labute approximate surface area is 112 Å². The van der Waals surface area contributed by atoms with Gasteiger partial charge in [-0.05, 0) is 30.3 Å². The maximum atomic E-state index is 11.9. The molecule has 1 aromatic carbocycles. The van der Waals surface area contributed by atoms with Gasteiger partial charge in [-0.2, -0.15) is 0 Å². The molecule has 4 heteroatoms. The van der Waals surface area contributed by atoms with E-state index in [0.717, 1.165) is 12.1 Å². The number of hydrogen-bond donors (Lipinski definition) is 1. The van der Waals surface area contributed by atoms with Gasteiger partial charge in [-0.1, -0.05) is 37.0 Å². The molecule has 0 bridgehead atoms. The molecule has 2 nitrogen and oxygen atoms in total. The van der Waals surface area contributed by atoms with Crippen molar-refractivity contribution >= 4 is 29.0 Å². The first-order valence-corrected chi connectivity index (χ1v) is 6.47. The smallest absolute Gasteiger partial charge is 0.141 e. The van der Waals surface area contributed by atoms with Crippen LogP contribution in [0.3, 0.4) is 0 Å². The van der Waals surface area contributed by atoms with Gasteiger partial charge in [0.2, 0.25) is 0 Å². The molecular formula is C13H17Cl2NO. The lowest BCUT2D eigenvalue weighted by molar-refractivity contribution is -0.121. The third-order valence-corrected chi connectivity index (χ3v) is 3.23. The van der Waals surface area contributed by atoms with Crippen molar-refractivity contribution in [3.8, 4) is 0 Å². The average molecular weight is 274 g/mol. The molecule has 1 N–H and O–H groups in total. The Balaban J connectivity index is 2.64. The first-order chi connectivity index (χ1) is 8.04. The van der Waals surface area contributed by atoms with Gasteiger partial charge in [-0.25, -0.2) is 0 Å². The summed E-state index contributed by atoms with van der Waals surface area (Å²) in [6.45, 7) is 5.51. The molecule has 17 heavy (non-hydrogen) atoms. The van der Waals surface area contributed by atoms with Gasteiger partial charge in [-0.15, -0.1) is 0 Å². The van der Waals surface area contributed by atoms with Crippen LogP contribution in [-0.4, -0.2) is 18.9 Å². The molecule has 1 unspecified atom stereocenters. The summed E-state index contributed by atoms with van der Waals surface area (Å²) < 4.78 is 0. The number of carbonyl (C=O) groups excluding carboxylic acids is 1. The van der Waals surface area contributed by atoms with Crippen molar-refractivity contribution in [2.45, 2.75) is 20.3 Å². The number of carbonyl (C=O) groups is 1. The standard InChI is InChI=1S/C13H17Cl2NO/c1-3-16-8-9(2)13(17)7-10-6-11(14)4-5-12(10)15/h4-6,9,16H,3,7-8H2,1-2H3. The van der Waals surface area contributed by atoms with Crippen LogP contribution in [-0.2, 0) is 11.2 Å². The first kappa shape index (κ1) is 14.5. The van der Waals surface area contributed by atoms with Gasteiger partial charge in [0, 0.05) is 28.9 Å². The van der Waals surface area contributed by atoms with E-state index >= 15 is 0 Å². The Bertz CT molecular complexity index is 393. The molecule has 1 atom stereocenters. The van der Waals surface area contributed by atoms with Gasteiger partial charge < -0.3 is 5.32 Å². The first-order valence-electron chi connectivity index (χ1n) is 5.72. The molecule has 0 aliphatic carbocycles. The highest BCUT2D eigenvalue weighted by Gasteiger charge is 2.14. The molecule has 0 aliphatic heterocycles. The van der Waals surface area contributed by atoms with Crippen LogP contribution in [0.25, 0.3) is 0 Å². The second-order valence-electron chi connectivity index (χ2n) is 4.09. The summed E-state index contributed by atoms with van der Waals surface area (Å²) >= 11 is 11.9. The predicted octanol–water partition coefficient (Wildman–Crippen LogP) is 3.35.